The summed E-state index contributed by atoms with van der Waals surface area (Å²) in [5, 5.41) is 7.91. The first-order valence-corrected chi connectivity index (χ1v) is 7.83. The minimum Gasteiger partial charge on any atom is -0.330 e. The molecule has 0 radical (unpaired) electrons. The molecule has 0 spiro atoms. The Morgan fingerprint density at radius 3 is 2.83 bits per heavy atom. The van der Waals surface area contributed by atoms with E-state index in [9.17, 15) is 4.79 Å². The Morgan fingerprint density at radius 1 is 1.21 bits per heavy atom. The number of nitrogens with zero attached hydrogens (tertiary/aromatic N) is 3. The number of fused-ring (bicyclic) bond motifs is 1. The summed E-state index contributed by atoms with van der Waals surface area (Å²) in [6.45, 7) is 1.12. The number of hydrogen-bond donors (Lipinski definition) is 2. The van der Waals surface area contributed by atoms with Gasteiger partial charge in [-0.3, -0.25) is 9.89 Å². The van der Waals surface area contributed by atoms with Crippen LogP contribution in [-0.4, -0.2) is 34.2 Å². The van der Waals surface area contributed by atoms with E-state index in [0.717, 1.165) is 23.2 Å². The zero-order chi connectivity index (χ0) is 16.8. The predicted molar refractivity (Wildman–Crippen MR) is 95.4 cm³/mol. The van der Waals surface area contributed by atoms with E-state index in [1.807, 2.05) is 42.5 Å². The molecule has 0 fully saturated rings. The average molecular weight is 321 g/mol. The highest BCUT2D eigenvalue weighted by Gasteiger charge is 2.12. The summed E-state index contributed by atoms with van der Waals surface area (Å²) in [6, 6.07) is 13.3. The number of nitrogens with one attached hydrogen (secondary N) is 1. The fraction of sp³-hybridized carbons (Fsp3) is 0.167. The Balaban J connectivity index is 1.82. The second-order valence-electron chi connectivity index (χ2n) is 5.31. The number of carbonyl (C=O) groups excluding carboxylic acids is 1. The maximum Gasteiger partial charge on any atom is 0.251 e. The van der Waals surface area contributed by atoms with Gasteiger partial charge in [-0.25, -0.2) is 4.98 Å². The lowest BCUT2D eigenvalue weighted by atomic mass is 10.2. The molecule has 6 nitrogen and oxygen atoms in total. The van der Waals surface area contributed by atoms with E-state index >= 15 is 0 Å². The molecule has 3 N–H and O–H groups in total. The number of pyridine rings is 1. The Kier molecular flexibility index (Phi) is 4.98. The van der Waals surface area contributed by atoms with Gasteiger partial charge in [0, 0.05) is 29.9 Å². The monoisotopic (exact) mass is 321 g/mol. The van der Waals surface area contributed by atoms with Crippen molar-refractivity contribution in [1.82, 2.24) is 15.2 Å². The minimum absolute atomic E-state index is 0.0960. The highest BCUT2D eigenvalue weighted by Crippen LogP contribution is 2.17. The van der Waals surface area contributed by atoms with Crippen LogP contribution in [0.15, 0.2) is 54.7 Å². The van der Waals surface area contributed by atoms with E-state index in [-0.39, 0.29) is 5.91 Å². The van der Waals surface area contributed by atoms with Gasteiger partial charge >= 0.3 is 0 Å². The van der Waals surface area contributed by atoms with Crippen molar-refractivity contribution >= 4 is 28.7 Å². The molecule has 0 bridgehead atoms. The van der Waals surface area contributed by atoms with Crippen molar-refractivity contribution in [3.8, 4) is 0 Å². The van der Waals surface area contributed by atoms with E-state index in [2.05, 4.69) is 15.2 Å². The quantitative estimate of drug-likeness (QED) is 0.682. The lowest BCUT2D eigenvalue weighted by molar-refractivity contribution is -0.114. The van der Waals surface area contributed by atoms with Gasteiger partial charge in [-0.2, -0.15) is 5.10 Å². The average Bonchev–Trinajstić information content (AvgIpc) is 3.04. The Morgan fingerprint density at radius 2 is 2.04 bits per heavy atom. The standard InChI is InChI=1S/C18H19N5O/c19-11-5-13-23(14-6-2-1-3-7-14)17(24)10-9-16-15-8-4-12-20-18(15)22-21-16/h1-4,6-10,12H,5,11,13,19H2,(H,20,21,22)/b10-9+. The number of benzene rings is 1. The smallest absolute Gasteiger partial charge is 0.251 e. The summed E-state index contributed by atoms with van der Waals surface area (Å²) in [4.78, 5) is 18.5. The predicted octanol–water partition coefficient (Wildman–Crippen LogP) is 2.35. The van der Waals surface area contributed by atoms with Crippen LogP contribution >= 0.6 is 0 Å². The molecule has 0 saturated heterocycles. The zero-order valence-corrected chi connectivity index (χ0v) is 13.2. The summed E-state index contributed by atoms with van der Waals surface area (Å²) in [6.07, 6.45) is 5.71. The highest BCUT2D eigenvalue weighted by molar-refractivity contribution is 6.04. The molecule has 6 heteroatoms. The van der Waals surface area contributed by atoms with Crippen LogP contribution in [0.2, 0.25) is 0 Å². The van der Waals surface area contributed by atoms with Crippen molar-refractivity contribution in [3.63, 3.8) is 0 Å². The molecule has 24 heavy (non-hydrogen) atoms. The van der Waals surface area contributed by atoms with Crippen LogP contribution in [-0.2, 0) is 4.79 Å². The molecule has 0 aliphatic rings. The number of hydrogen-bond acceptors (Lipinski definition) is 4. The van der Waals surface area contributed by atoms with Crippen LogP contribution in [0.1, 0.15) is 12.1 Å². The maximum atomic E-state index is 12.6. The number of anilines is 1. The van der Waals surface area contributed by atoms with E-state index in [4.69, 9.17) is 5.73 Å². The Labute approximate surface area is 140 Å². The highest BCUT2D eigenvalue weighted by atomic mass is 16.2. The van der Waals surface area contributed by atoms with Crippen LogP contribution in [0.3, 0.4) is 0 Å². The molecule has 3 aromatic rings. The summed E-state index contributed by atoms with van der Waals surface area (Å²) < 4.78 is 0. The number of H-pyrrole nitrogens is 1. The number of aromatic amines is 1. The van der Waals surface area contributed by atoms with E-state index < -0.39 is 0 Å². The van der Waals surface area contributed by atoms with Gasteiger partial charge < -0.3 is 10.6 Å². The van der Waals surface area contributed by atoms with Gasteiger partial charge in [0.2, 0.25) is 0 Å². The topological polar surface area (TPSA) is 87.9 Å². The first-order chi connectivity index (χ1) is 11.8. The molecule has 0 atom stereocenters. The summed E-state index contributed by atoms with van der Waals surface area (Å²) in [5.74, 6) is -0.0960. The molecular weight excluding hydrogens is 302 g/mol. The number of nitrogens with two attached hydrogens (primary N) is 1. The van der Waals surface area contributed by atoms with Gasteiger partial charge in [-0.05, 0) is 43.3 Å². The lowest BCUT2D eigenvalue weighted by Crippen LogP contribution is -2.31. The zero-order valence-electron chi connectivity index (χ0n) is 13.2. The first kappa shape index (κ1) is 15.9. The fourth-order valence-electron chi connectivity index (χ4n) is 2.47. The van der Waals surface area contributed by atoms with Crippen LogP contribution in [0.25, 0.3) is 17.1 Å². The van der Waals surface area contributed by atoms with Gasteiger partial charge in [0.25, 0.3) is 5.91 Å². The van der Waals surface area contributed by atoms with Crippen molar-refractivity contribution in [2.45, 2.75) is 6.42 Å². The molecule has 0 aliphatic carbocycles. The Hall–Kier alpha value is -2.99. The molecule has 2 aromatic heterocycles. The van der Waals surface area contributed by atoms with Crippen LogP contribution in [0, 0.1) is 0 Å². The molecule has 1 amide bonds. The SMILES string of the molecule is NCCCN(C(=O)/C=C/c1[nH]nc2ncccc12)c1ccccc1. The molecular formula is C18H19N5O. The third-order valence-corrected chi connectivity index (χ3v) is 3.67. The van der Waals surface area contributed by atoms with Crippen molar-refractivity contribution in [3.05, 3.63) is 60.4 Å². The minimum atomic E-state index is -0.0960. The number of carbonyl (C=O) groups is 1. The molecule has 122 valence electrons. The first-order valence-electron chi connectivity index (χ1n) is 7.83. The molecule has 1 aromatic carbocycles. The van der Waals surface area contributed by atoms with Crippen LogP contribution < -0.4 is 10.6 Å². The summed E-state index contributed by atoms with van der Waals surface area (Å²) in [7, 11) is 0. The second-order valence-corrected chi connectivity index (χ2v) is 5.31. The summed E-state index contributed by atoms with van der Waals surface area (Å²) in [5.41, 5.74) is 7.84. The van der Waals surface area contributed by atoms with Crippen molar-refractivity contribution in [1.29, 1.82) is 0 Å². The van der Waals surface area contributed by atoms with Crippen molar-refractivity contribution < 1.29 is 4.79 Å². The third kappa shape index (κ3) is 3.49. The van der Waals surface area contributed by atoms with Gasteiger partial charge in [-0.1, -0.05) is 18.2 Å². The van der Waals surface area contributed by atoms with Gasteiger partial charge in [0.15, 0.2) is 5.65 Å². The number of aromatic nitrogens is 3. The molecule has 0 unspecified atom stereocenters. The number of amides is 1. The number of para-hydroxylation sites is 1. The molecule has 2 heterocycles. The van der Waals surface area contributed by atoms with Crippen LogP contribution in [0.4, 0.5) is 5.69 Å². The van der Waals surface area contributed by atoms with Gasteiger partial charge in [-0.15, -0.1) is 0 Å². The largest absolute Gasteiger partial charge is 0.330 e. The number of rotatable bonds is 6. The van der Waals surface area contributed by atoms with E-state index in [1.54, 1.807) is 23.2 Å². The molecule has 3 rings (SSSR count). The van der Waals surface area contributed by atoms with Gasteiger partial charge in [0.1, 0.15) is 0 Å². The van der Waals surface area contributed by atoms with E-state index in [0.29, 0.717) is 18.7 Å². The van der Waals surface area contributed by atoms with Gasteiger partial charge in [0.05, 0.1) is 5.69 Å². The van der Waals surface area contributed by atoms with E-state index in [1.165, 1.54) is 0 Å². The maximum absolute atomic E-state index is 12.6. The molecule has 0 aliphatic heterocycles. The van der Waals surface area contributed by atoms with Crippen LogP contribution in [0.5, 0.6) is 0 Å². The summed E-state index contributed by atoms with van der Waals surface area (Å²) >= 11 is 0. The fourth-order valence-corrected chi connectivity index (χ4v) is 2.47. The molecule has 0 saturated carbocycles. The lowest BCUT2D eigenvalue weighted by Gasteiger charge is -2.21. The third-order valence-electron chi connectivity index (χ3n) is 3.67. The second kappa shape index (κ2) is 7.52. The Bertz CT molecular complexity index is 841. The normalized spacial score (nSPS) is 11.2. The van der Waals surface area contributed by atoms with Crippen molar-refractivity contribution in [2.24, 2.45) is 5.73 Å². The van der Waals surface area contributed by atoms with Crippen molar-refractivity contribution in [2.75, 3.05) is 18.0 Å².